The lowest BCUT2D eigenvalue weighted by molar-refractivity contribution is -0.125. The number of rotatable bonds is 6. The fourth-order valence-electron chi connectivity index (χ4n) is 5.26. The summed E-state index contributed by atoms with van der Waals surface area (Å²) in [5.74, 6) is -0.482. The molecule has 200 valence electrons. The third-order valence-electron chi connectivity index (χ3n) is 7.23. The summed E-state index contributed by atoms with van der Waals surface area (Å²) in [6, 6.07) is 23.1. The number of hydrogen-bond acceptors (Lipinski definition) is 4. The van der Waals surface area contributed by atoms with Gasteiger partial charge in [0.2, 0.25) is 6.17 Å². The predicted octanol–water partition coefficient (Wildman–Crippen LogP) is 6.21. The van der Waals surface area contributed by atoms with E-state index in [1.807, 2.05) is 54.6 Å². The van der Waals surface area contributed by atoms with Crippen molar-refractivity contribution in [3.8, 4) is 0 Å². The molecule has 7 nitrogen and oxygen atoms in total. The monoisotopic (exact) mass is 542 g/mol. The lowest BCUT2D eigenvalue weighted by atomic mass is 9.94. The maximum absolute atomic E-state index is 14.0. The van der Waals surface area contributed by atoms with Crippen LogP contribution in [-0.2, 0) is 9.59 Å². The molecule has 1 unspecified atom stereocenters. The number of nitrogens with one attached hydrogen (secondary N) is 2. The Morgan fingerprint density at radius 2 is 1.62 bits per heavy atom. The molecule has 1 atom stereocenters. The predicted molar refractivity (Wildman–Crippen MR) is 154 cm³/mol. The Labute approximate surface area is 233 Å². The van der Waals surface area contributed by atoms with E-state index in [0.29, 0.717) is 22.1 Å². The molecule has 3 aromatic carbocycles. The second kappa shape index (κ2) is 12.3. The van der Waals surface area contributed by atoms with Crippen molar-refractivity contribution in [1.29, 1.82) is 0 Å². The Morgan fingerprint density at radius 3 is 2.36 bits per heavy atom. The molecule has 39 heavy (non-hydrogen) atoms. The van der Waals surface area contributed by atoms with Gasteiger partial charge in [-0.05, 0) is 37.1 Å². The second-order valence-electron chi connectivity index (χ2n) is 9.95. The summed E-state index contributed by atoms with van der Waals surface area (Å²) in [4.78, 5) is 46.8. The van der Waals surface area contributed by atoms with Gasteiger partial charge in [0.1, 0.15) is 0 Å². The van der Waals surface area contributed by atoms with Crippen LogP contribution in [-0.4, -0.2) is 36.1 Å². The number of benzene rings is 3. The first-order valence-electron chi connectivity index (χ1n) is 13.4. The van der Waals surface area contributed by atoms with Crippen molar-refractivity contribution in [3.63, 3.8) is 0 Å². The van der Waals surface area contributed by atoms with Gasteiger partial charge < -0.3 is 15.5 Å². The maximum Gasteiger partial charge on any atom is 0.321 e. The van der Waals surface area contributed by atoms with Gasteiger partial charge in [-0.25, -0.2) is 9.79 Å². The first-order chi connectivity index (χ1) is 19.0. The van der Waals surface area contributed by atoms with Crippen molar-refractivity contribution in [3.05, 3.63) is 95.0 Å². The number of amides is 3. The van der Waals surface area contributed by atoms with Crippen LogP contribution in [0.1, 0.15) is 49.7 Å². The minimum Gasteiger partial charge on any atom is -0.308 e. The summed E-state index contributed by atoms with van der Waals surface area (Å²) in [6.45, 7) is -0.0633. The third-order valence-corrected chi connectivity index (χ3v) is 7.47. The molecule has 0 aromatic heterocycles. The zero-order valence-electron chi connectivity index (χ0n) is 21.6. The van der Waals surface area contributed by atoms with Crippen molar-refractivity contribution in [1.82, 2.24) is 5.32 Å². The molecule has 1 saturated carbocycles. The molecule has 3 amide bonds. The van der Waals surface area contributed by atoms with Crippen LogP contribution >= 0.6 is 11.6 Å². The quantitative estimate of drug-likeness (QED) is 0.363. The van der Waals surface area contributed by atoms with E-state index >= 15 is 0 Å². The van der Waals surface area contributed by atoms with Gasteiger partial charge in [0.05, 0.1) is 17.9 Å². The summed E-state index contributed by atoms with van der Waals surface area (Å²) in [5, 5.41) is 5.91. The molecule has 2 aliphatic rings. The average Bonchev–Trinajstić information content (AvgIpc) is 3.28. The highest BCUT2D eigenvalue weighted by atomic mass is 35.5. The van der Waals surface area contributed by atoms with Crippen LogP contribution in [0.4, 0.5) is 16.2 Å². The van der Waals surface area contributed by atoms with Gasteiger partial charge in [0, 0.05) is 27.8 Å². The first kappa shape index (κ1) is 26.6. The Balaban J connectivity index is 1.50. The summed E-state index contributed by atoms with van der Waals surface area (Å²) < 4.78 is 0. The van der Waals surface area contributed by atoms with Crippen LogP contribution in [0.25, 0.3) is 0 Å². The topological polar surface area (TPSA) is 90.9 Å². The van der Waals surface area contributed by atoms with Gasteiger partial charge in [0.25, 0.3) is 5.91 Å². The van der Waals surface area contributed by atoms with E-state index in [2.05, 4.69) is 10.6 Å². The number of aliphatic imine (C=N–C) groups is 1. The zero-order chi connectivity index (χ0) is 27.2. The number of hydrogen-bond donors (Lipinski definition) is 2. The van der Waals surface area contributed by atoms with Crippen molar-refractivity contribution < 1.29 is 14.4 Å². The average molecular weight is 543 g/mol. The van der Waals surface area contributed by atoms with E-state index in [1.54, 1.807) is 24.3 Å². The molecule has 2 N–H and O–H groups in total. The fourth-order valence-corrected chi connectivity index (χ4v) is 5.45. The van der Waals surface area contributed by atoms with Crippen LogP contribution in [0.2, 0.25) is 5.02 Å². The largest absolute Gasteiger partial charge is 0.321 e. The summed E-state index contributed by atoms with van der Waals surface area (Å²) in [5.41, 5.74) is 3.18. The molecule has 1 fully saturated rings. The van der Waals surface area contributed by atoms with Crippen LogP contribution in [0.3, 0.4) is 0 Å². The van der Waals surface area contributed by atoms with E-state index in [0.717, 1.165) is 49.7 Å². The smallest absolute Gasteiger partial charge is 0.308 e. The highest BCUT2D eigenvalue weighted by Gasteiger charge is 2.35. The molecule has 0 radical (unpaired) electrons. The molecule has 8 heteroatoms. The Hall–Kier alpha value is -3.97. The lowest BCUT2D eigenvalue weighted by Crippen LogP contribution is -2.50. The number of para-hydroxylation sites is 1. The fraction of sp³-hybridized carbons (Fsp3) is 0.290. The molecule has 3 aromatic rings. The van der Waals surface area contributed by atoms with E-state index in [9.17, 15) is 14.4 Å². The van der Waals surface area contributed by atoms with Crippen molar-refractivity contribution in [2.75, 3.05) is 16.8 Å². The molecule has 5 rings (SSSR count). The van der Waals surface area contributed by atoms with Crippen LogP contribution in [0.5, 0.6) is 0 Å². The minimum absolute atomic E-state index is 0.0466. The van der Waals surface area contributed by atoms with Gasteiger partial charge in [-0.3, -0.25) is 9.59 Å². The molecule has 1 aliphatic carbocycles. The Morgan fingerprint density at radius 1 is 0.897 bits per heavy atom. The molecule has 1 aliphatic heterocycles. The number of fused-ring (bicyclic) bond motifs is 1. The SMILES string of the molecule is O=C(Nc1cccc(Cl)c1)NC1N=C(c2ccccc2)c2ccccc2N(CC(=O)C2CCCCCC2)C1=O. The standard InChI is InChI=1S/C31H31ClN4O3/c32-23-15-10-16-24(19-23)33-31(39)35-29-30(38)36(20-27(37)21-11-4-1-2-5-12-21)26-18-9-8-17-25(26)28(34-29)22-13-6-3-7-14-22/h3,6-10,13-19,21,29H,1-2,4-5,11-12,20H2,(H2,33,35,39). The molecule has 0 saturated heterocycles. The number of anilines is 2. The maximum atomic E-state index is 14.0. The molecular formula is C31H31ClN4O3. The van der Waals surface area contributed by atoms with Crippen molar-refractivity contribution >= 4 is 46.4 Å². The zero-order valence-corrected chi connectivity index (χ0v) is 22.4. The van der Waals surface area contributed by atoms with E-state index in [4.69, 9.17) is 16.6 Å². The first-order valence-corrected chi connectivity index (χ1v) is 13.8. The summed E-state index contributed by atoms with van der Waals surface area (Å²) >= 11 is 6.06. The molecule has 0 spiro atoms. The number of carbonyl (C=O) groups excluding carboxylic acids is 3. The molecule has 0 bridgehead atoms. The van der Waals surface area contributed by atoms with Crippen LogP contribution in [0.15, 0.2) is 83.9 Å². The number of Topliss-reactive ketones (excluding diaryl/α,β-unsaturated/α-hetero) is 1. The van der Waals surface area contributed by atoms with E-state index in [-0.39, 0.29) is 18.2 Å². The van der Waals surface area contributed by atoms with Crippen molar-refractivity contribution in [2.24, 2.45) is 10.9 Å². The Kier molecular flexibility index (Phi) is 8.37. The number of benzodiazepines with no additional fused rings is 1. The normalized spacial score (nSPS) is 17.9. The second-order valence-corrected chi connectivity index (χ2v) is 10.4. The van der Waals surface area contributed by atoms with Gasteiger partial charge in [-0.2, -0.15) is 0 Å². The van der Waals surface area contributed by atoms with Gasteiger partial charge in [0.15, 0.2) is 5.78 Å². The van der Waals surface area contributed by atoms with E-state index in [1.165, 1.54) is 4.90 Å². The van der Waals surface area contributed by atoms with Crippen LogP contribution in [0, 0.1) is 5.92 Å². The minimum atomic E-state index is -1.24. The highest BCUT2D eigenvalue weighted by Crippen LogP contribution is 2.30. The number of halogens is 1. The molecular weight excluding hydrogens is 512 g/mol. The number of carbonyl (C=O) groups is 3. The van der Waals surface area contributed by atoms with Gasteiger partial charge >= 0.3 is 6.03 Å². The highest BCUT2D eigenvalue weighted by molar-refractivity contribution is 6.31. The van der Waals surface area contributed by atoms with Crippen molar-refractivity contribution in [2.45, 2.75) is 44.7 Å². The van der Waals surface area contributed by atoms with Gasteiger partial charge in [-0.15, -0.1) is 0 Å². The van der Waals surface area contributed by atoms with Crippen LogP contribution < -0.4 is 15.5 Å². The number of urea groups is 1. The molecule has 1 heterocycles. The van der Waals surface area contributed by atoms with Gasteiger partial charge in [-0.1, -0.05) is 91.9 Å². The Bertz CT molecular complexity index is 1380. The number of ketones is 1. The van der Waals surface area contributed by atoms with E-state index < -0.39 is 18.1 Å². The summed E-state index contributed by atoms with van der Waals surface area (Å²) in [7, 11) is 0. The lowest BCUT2D eigenvalue weighted by Gasteiger charge is -2.26. The summed E-state index contributed by atoms with van der Waals surface area (Å²) in [6.07, 6.45) is 4.77. The third kappa shape index (κ3) is 6.37. The number of nitrogens with zero attached hydrogens (tertiary/aromatic N) is 2.